The van der Waals surface area contributed by atoms with E-state index in [1.54, 1.807) is 32.0 Å². The van der Waals surface area contributed by atoms with E-state index in [0.29, 0.717) is 11.3 Å². The first-order valence-corrected chi connectivity index (χ1v) is 10.8. The molecule has 0 aliphatic carbocycles. The van der Waals surface area contributed by atoms with Gasteiger partial charge in [-0.1, -0.05) is 0 Å². The summed E-state index contributed by atoms with van der Waals surface area (Å²) in [5.41, 5.74) is 12.9. The summed E-state index contributed by atoms with van der Waals surface area (Å²) in [6.45, 7) is 5.45. The van der Waals surface area contributed by atoms with E-state index in [2.05, 4.69) is 27.9 Å². The van der Waals surface area contributed by atoms with Crippen molar-refractivity contribution in [3.8, 4) is 5.75 Å². The number of nitrogens with two attached hydrogens (primary N) is 1. The van der Waals surface area contributed by atoms with Gasteiger partial charge in [-0.05, 0) is 26.0 Å². The molecule has 0 spiro atoms. The number of fused-ring (bicyclic) bond motifs is 2. The standard InChI is InChI=1S/C25H30N6O2/c1-15-9-19-21(30(5)25(15)32)10-18(33-6)11-22(19)31-8-7-29(4)23-12-20(17(13-26)14-27-3)28-16(2)24(23)31/h9-14H,7-8,26H2,1-6H3. The molecule has 0 saturated heterocycles. The summed E-state index contributed by atoms with van der Waals surface area (Å²) in [7, 11) is 7.24. The molecule has 8 nitrogen and oxygen atoms in total. The number of likely N-dealkylation sites (N-methyl/N-ethyl adjacent to an activating group) is 1. The lowest BCUT2D eigenvalue weighted by atomic mass is 10.0. The predicted molar refractivity (Wildman–Crippen MR) is 136 cm³/mol. The van der Waals surface area contributed by atoms with Crippen molar-refractivity contribution >= 4 is 39.8 Å². The highest BCUT2D eigenvalue weighted by atomic mass is 16.5. The minimum Gasteiger partial charge on any atom is -0.497 e. The maximum Gasteiger partial charge on any atom is 0.253 e. The van der Waals surface area contributed by atoms with E-state index in [0.717, 1.165) is 58.0 Å². The van der Waals surface area contributed by atoms with Crippen LogP contribution in [0.5, 0.6) is 5.75 Å². The number of hydrogen-bond acceptors (Lipinski definition) is 7. The molecule has 0 bridgehead atoms. The fraction of sp³-hybridized carbons (Fsp3) is 0.320. The lowest BCUT2D eigenvalue weighted by molar-refractivity contribution is 0.415. The highest BCUT2D eigenvalue weighted by Gasteiger charge is 2.27. The van der Waals surface area contributed by atoms with Gasteiger partial charge in [0.25, 0.3) is 5.56 Å². The molecule has 1 aromatic carbocycles. The number of aromatic nitrogens is 2. The van der Waals surface area contributed by atoms with Gasteiger partial charge in [-0.25, -0.2) is 0 Å². The molecule has 8 heteroatoms. The topological polar surface area (TPSA) is 89.0 Å². The monoisotopic (exact) mass is 446 g/mol. The Morgan fingerprint density at radius 3 is 2.58 bits per heavy atom. The summed E-state index contributed by atoms with van der Waals surface area (Å²) < 4.78 is 7.29. The minimum absolute atomic E-state index is 0.0124. The SMILES string of the molecule is CN=CC(=CN)c1cc2c(c(C)n1)N(c1cc(OC)cc3c1cc(C)c(=O)n3C)CCN2C. The van der Waals surface area contributed by atoms with E-state index >= 15 is 0 Å². The van der Waals surface area contributed by atoms with E-state index in [9.17, 15) is 4.79 Å². The Morgan fingerprint density at radius 1 is 1.15 bits per heavy atom. The number of hydrogen-bond donors (Lipinski definition) is 1. The molecule has 33 heavy (non-hydrogen) atoms. The average molecular weight is 447 g/mol. The van der Waals surface area contributed by atoms with Crippen LogP contribution in [0.25, 0.3) is 16.5 Å². The third-order valence-corrected chi connectivity index (χ3v) is 6.23. The van der Waals surface area contributed by atoms with Crippen LogP contribution in [0.15, 0.2) is 40.3 Å². The zero-order chi connectivity index (χ0) is 23.9. The number of anilines is 3. The van der Waals surface area contributed by atoms with Gasteiger partial charge in [0.15, 0.2) is 0 Å². The Kier molecular flexibility index (Phi) is 5.84. The van der Waals surface area contributed by atoms with Crippen LogP contribution in [-0.4, -0.2) is 50.1 Å². The van der Waals surface area contributed by atoms with Crippen molar-refractivity contribution in [1.29, 1.82) is 0 Å². The second kappa shape index (κ2) is 8.61. The molecule has 0 fully saturated rings. The molecule has 1 aliphatic heterocycles. The summed E-state index contributed by atoms with van der Waals surface area (Å²) in [6.07, 6.45) is 3.24. The highest BCUT2D eigenvalue weighted by molar-refractivity contribution is 6.09. The van der Waals surface area contributed by atoms with Crippen LogP contribution in [0.2, 0.25) is 0 Å². The smallest absolute Gasteiger partial charge is 0.253 e. The van der Waals surface area contributed by atoms with Crippen molar-refractivity contribution in [3.05, 3.63) is 57.8 Å². The second-order valence-electron chi connectivity index (χ2n) is 8.31. The number of methoxy groups -OCH3 is 1. The molecule has 0 unspecified atom stereocenters. The average Bonchev–Trinajstić information content (AvgIpc) is 2.81. The molecule has 2 N–H and O–H groups in total. The quantitative estimate of drug-likeness (QED) is 0.620. The lowest BCUT2D eigenvalue weighted by Crippen LogP contribution is -2.37. The number of allylic oxidation sites excluding steroid dienone is 1. The van der Waals surface area contributed by atoms with Gasteiger partial charge in [-0.15, -0.1) is 0 Å². The Bertz CT molecular complexity index is 1360. The fourth-order valence-corrected chi connectivity index (χ4v) is 4.49. The number of aliphatic imine (C=N–C) groups is 1. The van der Waals surface area contributed by atoms with Crippen LogP contribution in [-0.2, 0) is 7.05 Å². The lowest BCUT2D eigenvalue weighted by Gasteiger charge is -2.38. The number of aryl methyl sites for hydroxylation is 3. The molecule has 3 heterocycles. The van der Waals surface area contributed by atoms with Gasteiger partial charge in [0.05, 0.1) is 41.1 Å². The Hall–Kier alpha value is -3.81. The molecular formula is C25H30N6O2. The van der Waals surface area contributed by atoms with Crippen molar-refractivity contribution in [1.82, 2.24) is 9.55 Å². The summed E-state index contributed by atoms with van der Waals surface area (Å²) in [5, 5.41) is 0.995. The van der Waals surface area contributed by atoms with Gasteiger partial charge in [-0.3, -0.25) is 14.8 Å². The molecule has 0 saturated carbocycles. The first-order valence-electron chi connectivity index (χ1n) is 10.8. The molecule has 1 aliphatic rings. The van der Waals surface area contributed by atoms with Gasteiger partial charge < -0.3 is 24.8 Å². The summed E-state index contributed by atoms with van der Waals surface area (Å²) in [4.78, 5) is 26.1. The first kappa shape index (κ1) is 22.4. The zero-order valence-corrected chi connectivity index (χ0v) is 20.0. The van der Waals surface area contributed by atoms with Crippen LogP contribution in [0.4, 0.5) is 17.1 Å². The fourth-order valence-electron chi connectivity index (χ4n) is 4.49. The third kappa shape index (κ3) is 3.71. The van der Waals surface area contributed by atoms with Crippen LogP contribution in [0, 0.1) is 13.8 Å². The number of nitrogens with zero attached hydrogens (tertiary/aromatic N) is 5. The van der Waals surface area contributed by atoms with Crippen LogP contribution in [0.1, 0.15) is 17.0 Å². The van der Waals surface area contributed by atoms with Gasteiger partial charge in [0.1, 0.15) is 5.75 Å². The Labute approximate surface area is 193 Å². The molecule has 4 rings (SSSR count). The molecule has 0 amide bonds. The first-order chi connectivity index (χ1) is 15.8. The van der Waals surface area contributed by atoms with E-state index in [-0.39, 0.29) is 5.56 Å². The van der Waals surface area contributed by atoms with Gasteiger partial charge in [-0.2, -0.15) is 0 Å². The highest BCUT2D eigenvalue weighted by Crippen LogP contribution is 2.43. The Balaban J connectivity index is 2.00. The summed E-state index contributed by atoms with van der Waals surface area (Å²) in [6, 6.07) is 7.96. The molecule has 0 radical (unpaired) electrons. The number of benzene rings is 1. The van der Waals surface area contributed by atoms with Crippen molar-refractivity contribution in [2.24, 2.45) is 17.8 Å². The number of rotatable bonds is 4. The molecule has 3 aromatic rings. The summed E-state index contributed by atoms with van der Waals surface area (Å²) in [5.74, 6) is 0.701. The van der Waals surface area contributed by atoms with Gasteiger partial charge in [0, 0.05) is 75.3 Å². The Morgan fingerprint density at radius 2 is 1.91 bits per heavy atom. The molecular weight excluding hydrogens is 416 g/mol. The van der Waals surface area contributed by atoms with E-state index < -0.39 is 0 Å². The maximum absolute atomic E-state index is 12.6. The van der Waals surface area contributed by atoms with Gasteiger partial charge in [0.2, 0.25) is 0 Å². The van der Waals surface area contributed by atoms with E-state index in [4.69, 9.17) is 15.5 Å². The second-order valence-corrected chi connectivity index (χ2v) is 8.31. The van der Waals surface area contributed by atoms with E-state index in [1.165, 1.54) is 6.20 Å². The van der Waals surface area contributed by atoms with Crippen molar-refractivity contribution < 1.29 is 4.74 Å². The third-order valence-electron chi connectivity index (χ3n) is 6.23. The van der Waals surface area contributed by atoms with E-state index in [1.807, 2.05) is 32.0 Å². The maximum atomic E-state index is 12.6. The molecule has 2 aromatic heterocycles. The van der Waals surface area contributed by atoms with Crippen molar-refractivity contribution in [2.75, 3.05) is 44.1 Å². The normalized spacial score (nSPS) is 14.3. The van der Waals surface area contributed by atoms with Crippen molar-refractivity contribution in [3.63, 3.8) is 0 Å². The molecule has 0 atom stereocenters. The minimum atomic E-state index is -0.0124. The van der Waals surface area contributed by atoms with Crippen molar-refractivity contribution in [2.45, 2.75) is 13.8 Å². The van der Waals surface area contributed by atoms with Crippen LogP contribution in [0.3, 0.4) is 0 Å². The molecule has 172 valence electrons. The largest absolute Gasteiger partial charge is 0.497 e. The number of pyridine rings is 2. The number of ether oxygens (including phenoxy) is 1. The van der Waals surface area contributed by atoms with Crippen LogP contribution < -0.4 is 25.8 Å². The van der Waals surface area contributed by atoms with Crippen LogP contribution >= 0.6 is 0 Å². The van der Waals surface area contributed by atoms with Gasteiger partial charge >= 0.3 is 0 Å². The predicted octanol–water partition coefficient (Wildman–Crippen LogP) is 3.15. The zero-order valence-electron chi connectivity index (χ0n) is 20.0. The summed E-state index contributed by atoms with van der Waals surface area (Å²) >= 11 is 0.